The van der Waals surface area contributed by atoms with Gasteiger partial charge in [-0.05, 0) is 30.5 Å². The molecule has 0 aromatic heterocycles. The lowest BCUT2D eigenvalue weighted by Gasteiger charge is -2.19. The highest BCUT2D eigenvalue weighted by atomic mass is 16.3. The van der Waals surface area contributed by atoms with Crippen LogP contribution < -0.4 is 5.73 Å². The minimum atomic E-state index is -0.00477. The molecule has 3 N–H and O–H groups in total. The number of carbonyl (C=O) groups is 1. The molecule has 0 heterocycles. The summed E-state index contributed by atoms with van der Waals surface area (Å²) < 4.78 is 0. The van der Waals surface area contributed by atoms with Gasteiger partial charge in [-0.25, -0.2) is 0 Å². The summed E-state index contributed by atoms with van der Waals surface area (Å²) >= 11 is 0. The fraction of sp³-hybridized carbons (Fsp3) is 0.533. The molecule has 1 aromatic carbocycles. The van der Waals surface area contributed by atoms with Crippen LogP contribution in [0.2, 0.25) is 0 Å². The fourth-order valence-corrected chi connectivity index (χ4v) is 2.73. The second kappa shape index (κ2) is 6.01. The molecule has 2 unspecified atom stereocenters. The predicted octanol–water partition coefficient (Wildman–Crippen LogP) is 2.41. The Balaban J connectivity index is 2.02. The zero-order chi connectivity index (χ0) is 13.0. The number of hydrogen-bond acceptors (Lipinski definition) is 3. The van der Waals surface area contributed by atoms with E-state index in [1.807, 2.05) is 6.07 Å². The molecule has 1 fully saturated rings. The third-order valence-corrected chi connectivity index (χ3v) is 3.77. The molecule has 3 nitrogen and oxygen atoms in total. The van der Waals surface area contributed by atoms with Gasteiger partial charge in [-0.3, -0.25) is 4.79 Å². The summed E-state index contributed by atoms with van der Waals surface area (Å²) in [6, 6.07) is 6.92. The van der Waals surface area contributed by atoms with Crippen LogP contribution in [0.3, 0.4) is 0 Å². The second-order valence-electron chi connectivity index (χ2n) is 5.22. The topological polar surface area (TPSA) is 63.3 Å². The van der Waals surface area contributed by atoms with Gasteiger partial charge in [0.2, 0.25) is 0 Å². The Hall–Kier alpha value is -1.35. The normalized spacial score (nSPS) is 24.5. The summed E-state index contributed by atoms with van der Waals surface area (Å²) in [6.07, 6.45) is 5.67. The molecule has 2 rings (SSSR count). The zero-order valence-corrected chi connectivity index (χ0v) is 10.6. The molecule has 1 aliphatic carbocycles. The van der Waals surface area contributed by atoms with Crippen molar-refractivity contribution in [3.8, 4) is 5.75 Å². The minimum Gasteiger partial charge on any atom is -0.508 e. The van der Waals surface area contributed by atoms with E-state index in [1.165, 1.54) is 6.42 Å². The summed E-state index contributed by atoms with van der Waals surface area (Å²) in [6.45, 7) is 0. The Morgan fingerprint density at radius 3 is 2.83 bits per heavy atom. The first-order valence-electron chi connectivity index (χ1n) is 6.73. The van der Waals surface area contributed by atoms with Gasteiger partial charge < -0.3 is 10.8 Å². The van der Waals surface area contributed by atoms with Crippen molar-refractivity contribution in [1.29, 1.82) is 0 Å². The van der Waals surface area contributed by atoms with Crippen molar-refractivity contribution in [1.82, 2.24) is 0 Å². The van der Waals surface area contributed by atoms with Crippen molar-refractivity contribution in [2.24, 2.45) is 11.7 Å². The molecule has 2 atom stereocenters. The Labute approximate surface area is 108 Å². The Morgan fingerprint density at radius 1 is 1.28 bits per heavy atom. The highest BCUT2D eigenvalue weighted by Crippen LogP contribution is 2.24. The Bertz CT molecular complexity index is 417. The van der Waals surface area contributed by atoms with E-state index in [-0.39, 0.29) is 23.5 Å². The molecule has 1 aromatic rings. The molecule has 0 bridgehead atoms. The molecule has 1 saturated carbocycles. The maximum absolute atomic E-state index is 12.3. The molecule has 3 heteroatoms. The molecule has 0 aliphatic heterocycles. The molecular weight excluding hydrogens is 226 g/mol. The van der Waals surface area contributed by atoms with Crippen molar-refractivity contribution in [2.75, 3.05) is 0 Å². The van der Waals surface area contributed by atoms with Gasteiger partial charge in [-0.1, -0.05) is 31.4 Å². The van der Waals surface area contributed by atoms with Gasteiger partial charge in [0.1, 0.15) is 11.5 Å². The average Bonchev–Trinajstić information content (AvgIpc) is 2.54. The van der Waals surface area contributed by atoms with Gasteiger partial charge in [0.15, 0.2) is 0 Å². The molecule has 0 amide bonds. The standard InChI is InChI=1S/C15H21NO2/c16-14-8-3-1-2-7-13(14)15(18)10-11-5-4-6-12(17)9-11/h4-6,9,13-14,17H,1-3,7-8,10,16H2. The van der Waals surface area contributed by atoms with E-state index in [2.05, 4.69) is 0 Å². The van der Waals surface area contributed by atoms with E-state index in [1.54, 1.807) is 18.2 Å². The summed E-state index contributed by atoms with van der Waals surface area (Å²) in [5.41, 5.74) is 6.96. The van der Waals surface area contributed by atoms with Crippen LogP contribution in [0.15, 0.2) is 24.3 Å². The molecule has 18 heavy (non-hydrogen) atoms. The van der Waals surface area contributed by atoms with E-state index in [4.69, 9.17) is 5.73 Å². The molecule has 0 radical (unpaired) electrons. The van der Waals surface area contributed by atoms with Crippen LogP contribution in [-0.2, 0) is 11.2 Å². The van der Waals surface area contributed by atoms with Crippen LogP contribution in [-0.4, -0.2) is 16.9 Å². The Kier molecular flexibility index (Phi) is 4.37. The largest absolute Gasteiger partial charge is 0.508 e. The van der Waals surface area contributed by atoms with E-state index in [9.17, 15) is 9.90 Å². The number of phenolic OH excluding ortho intramolecular Hbond substituents is 1. The van der Waals surface area contributed by atoms with Crippen molar-refractivity contribution in [3.63, 3.8) is 0 Å². The number of rotatable bonds is 3. The first-order chi connectivity index (χ1) is 8.66. The van der Waals surface area contributed by atoms with Gasteiger partial charge in [0.25, 0.3) is 0 Å². The number of benzene rings is 1. The lowest BCUT2D eigenvalue weighted by atomic mass is 9.88. The van der Waals surface area contributed by atoms with E-state index >= 15 is 0 Å². The number of Topliss-reactive ketones (excluding diaryl/α,β-unsaturated/α-hetero) is 1. The van der Waals surface area contributed by atoms with Crippen molar-refractivity contribution >= 4 is 5.78 Å². The van der Waals surface area contributed by atoms with Gasteiger partial charge >= 0.3 is 0 Å². The minimum absolute atomic E-state index is 0.00477. The molecular formula is C15H21NO2. The summed E-state index contributed by atoms with van der Waals surface area (Å²) in [5, 5.41) is 9.40. The number of hydrogen-bond donors (Lipinski definition) is 2. The van der Waals surface area contributed by atoms with Crippen molar-refractivity contribution < 1.29 is 9.90 Å². The lowest BCUT2D eigenvalue weighted by Crippen LogP contribution is -2.35. The third kappa shape index (κ3) is 3.33. The van der Waals surface area contributed by atoms with Gasteiger partial charge in [0, 0.05) is 18.4 Å². The maximum atomic E-state index is 12.3. The van der Waals surface area contributed by atoms with Crippen LogP contribution in [0.1, 0.15) is 37.7 Å². The van der Waals surface area contributed by atoms with Crippen molar-refractivity contribution in [2.45, 2.75) is 44.6 Å². The van der Waals surface area contributed by atoms with Crippen LogP contribution >= 0.6 is 0 Å². The van der Waals surface area contributed by atoms with Crippen molar-refractivity contribution in [3.05, 3.63) is 29.8 Å². The average molecular weight is 247 g/mol. The molecule has 1 aliphatic rings. The summed E-state index contributed by atoms with van der Waals surface area (Å²) in [7, 11) is 0. The first-order valence-corrected chi connectivity index (χ1v) is 6.73. The van der Waals surface area contributed by atoms with E-state index < -0.39 is 0 Å². The van der Waals surface area contributed by atoms with Gasteiger partial charge in [0.05, 0.1) is 0 Å². The highest BCUT2D eigenvalue weighted by Gasteiger charge is 2.26. The number of carbonyl (C=O) groups excluding carboxylic acids is 1. The molecule has 98 valence electrons. The highest BCUT2D eigenvalue weighted by molar-refractivity contribution is 5.84. The summed E-state index contributed by atoms with van der Waals surface area (Å²) in [5.74, 6) is 0.426. The summed E-state index contributed by atoms with van der Waals surface area (Å²) in [4.78, 5) is 12.3. The quantitative estimate of drug-likeness (QED) is 0.806. The third-order valence-electron chi connectivity index (χ3n) is 3.77. The molecule has 0 spiro atoms. The maximum Gasteiger partial charge on any atom is 0.141 e. The molecule has 0 saturated heterocycles. The SMILES string of the molecule is NC1CCCCCC1C(=O)Cc1cccc(O)c1. The number of nitrogens with two attached hydrogens (primary N) is 1. The van der Waals surface area contributed by atoms with Crippen LogP contribution in [0, 0.1) is 5.92 Å². The first kappa shape index (κ1) is 13.1. The van der Waals surface area contributed by atoms with E-state index in [0.717, 1.165) is 31.2 Å². The van der Waals surface area contributed by atoms with Gasteiger partial charge in [-0.2, -0.15) is 0 Å². The zero-order valence-electron chi connectivity index (χ0n) is 10.6. The smallest absolute Gasteiger partial charge is 0.141 e. The Morgan fingerprint density at radius 2 is 2.06 bits per heavy atom. The number of aromatic hydroxyl groups is 1. The number of phenols is 1. The van der Waals surface area contributed by atoms with Crippen LogP contribution in [0.5, 0.6) is 5.75 Å². The fourth-order valence-electron chi connectivity index (χ4n) is 2.73. The predicted molar refractivity (Wildman–Crippen MR) is 71.4 cm³/mol. The van der Waals surface area contributed by atoms with Crippen LogP contribution in [0.4, 0.5) is 0 Å². The van der Waals surface area contributed by atoms with Gasteiger partial charge in [-0.15, -0.1) is 0 Å². The monoisotopic (exact) mass is 247 g/mol. The van der Waals surface area contributed by atoms with Crippen LogP contribution in [0.25, 0.3) is 0 Å². The number of ketones is 1. The lowest BCUT2D eigenvalue weighted by molar-refractivity contribution is -0.123. The second-order valence-corrected chi connectivity index (χ2v) is 5.22. The van der Waals surface area contributed by atoms with E-state index in [0.29, 0.717) is 6.42 Å².